The number of phenols is 1. The molecule has 4 heteroatoms. The van der Waals surface area contributed by atoms with Crippen molar-refractivity contribution < 1.29 is 5.11 Å². The number of aromatic hydroxyl groups is 1. The van der Waals surface area contributed by atoms with E-state index in [1.807, 2.05) is 6.20 Å². The lowest BCUT2D eigenvalue weighted by atomic mass is 9.79. The van der Waals surface area contributed by atoms with Gasteiger partial charge in [-0.15, -0.1) is 0 Å². The van der Waals surface area contributed by atoms with Gasteiger partial charge in [-0.1, -0.05) is 185 Å². The number of pyridine rings is 1. The van der Waals surface area contributed by atoms with E-state index in [0.717, 1.165) is 72.5 Å². The molecule has 2 heterocycles. The normalized spacial score (nSPS) is 13.5. The van der Waals surface area contributed by atoms with E-state index >= 15 is 0 Å². The number of benzene rings is 7. The third-order valence-corrected chi connectivity index (χ3v) is 14.0. The summed E-state index contributed by atoms with van der Waals surface area (Å²) in [5.74, 6) is 0.949. The van der Waals surface area contributed by atoms with Crippen LogP contribution in [-0.2, 0) is 21.7 Å². The average Bonchev–Trinajstić information content (AvgIpc) is 3.80. The maximum atomic E-state index is 12.6. The minimum absolute atomic E-state index is 0.0803. The molecule has 7 aromatic carbocycles. The molecule has 0 bridgehead atoms. The van der Waals surface area contributed by atoms with E-state index in [-0.39, 0.29) is 27.4 Å². The molecule has 0 atom stereocenters. The van der Waals surface area contributed by atoms with E-state index in [0.29, 0.717) is 11.4 Å². The Morgan fingerprint density at radius 2 is 1.09 bits per heavy atom. The van der Waals surface area contributed by atoms with Crippen LogP contribution < -0.4 is 0 Å². The fourth-order valence-electron chi connectivity index (χ4n) is 10.2. The van der Waals surface area contributed by atoms with Crippen molar-refractivity contribution in [3.05, 3.63) is 192 Å². The predicted octanol–water partition coefficient (Wildman–Crippen LogP) is 16.7. The minimum atomic E-state index is -0.332. The van der Waals surface area contributed by atoms with Crippen molar-refractivity contribution in [2.45, 2.75) is 97.8 Å². The Morgan fingerprint density at radius 3 is 1.78 bits per heavy atom. The topological polar surface area (TPSA) is 50.9 Å². The number of hydrogen-bond acceptors (Lipinski definition) is 3. The molecule has 0 saturated carbocycles. The predicted molar refractivity (Wildman–Crippen MR) is 281 cm³/mol. The largest absolute Gasteiger partial charge is 0.507 e. The van der Waals surface area contributed by atoms with E-state index in [4.69, 9.17) is 9.97 Å². The van der Waals surface area contributed by atoms with E-state index in [1.54, 1.807) is 0 Å². The first-order valence-corrected chi connectivity index (χ1v) is 23.7. The summed E-state index contributed by atoms with van der Waals surface area (Å²) in [6, 6.07) is 57.0. The molecule has 334 valence electrons. The van der Waals surface area contributed by atoms with Gasteiger partial charge in [-0.25, -0.2) is 4.98 Å². The quantitative estimate of drug-likeness (QED) is 0.181. The van der Waals surface area contributed by atoms with Gasteiger partial charge in [0.2, 0.25) is 0 Å². The van der Waals surface area contributed by atoms with Gasteiger partial charge in [-0.2, -0.15) is 0 Å². The Labute approximate surface area is 397 Å². The van der Waals surface area contributed by atoms with Crippen LogP contribution in [0, 0.1) is 0 Å². The van der Waals surface area contributed by atoms with Crippen LogP contribution in [0.1, 0.15) is 104 Å². The molecule has 1 N–H and O–H groups in total. The zero-order chi connectivity index (χ0) is 47.2. The van der Waals surface area contributed by atoms with Gasteiger partial charge in [-0.05, 0) is 115 Å². The number of imidazole rings is 1. The Hall–Kier alpha value is -7.04. The molecule has 0 saturated heterocycles. The molecule has 1 aliphatic carbocycles. The van der Waals surface area contributed by atoms with Gasteiger partial charge in [0.1, 0.15) is 11.6 Å². The van der Waals surface area contributed by atoms with Gasteiger partial charge in [0.15, 0.2) is 0 Å². The summed E-state index contributed by atoms with van der Waals surface area (Å²) in [4.78, 5) is 10.9. The van der Waals surface area contributed by atoms with E-state index in [1.165, 1.54) is 27.8 Å². The summed E-state index contributed by atoms with van der Waals surface area (Å²) in [6.07, 6.45) is 1.98. The molecule has 4 nitrogen and oxygen atoms in total. The molecule has 0 spiro atoms. The maximum Gasteiger partial charge on any atom is 0.149 e. The number of rotatable bonds is 6. The summed E-state index contributed by atoms with van der Waals surface area (Å²) in [5, 5.41) is 12.6. The SMILES string of the molecule is CC(C)(C)c1ccc(-n2c(-c3cc(C(C)(C)C)cc(C(C)(C)C)c3O)nc3c(-c4cc(-c5ccccc5)cc(-c5nccc6c5-c5ccccc5C6(C)C)c4)cccc32)c(-c2ccccc2)c1. The summed E-state index contributed by atoms with van der Waals surface area (Å²) < 4.78 is 2.30. The number of hydrogen-bond donors (Lipinski definition) is 1. The summed E-state index contributed by atoms with van der Waals surface area (Å²) >= 11 is 0. The van der Waals surface area contributed by atoms with Gasteiger partial charge >= 0.3 is 0 Å². The van der Waals surface area contributed by atoms with Crippen molar-refractivity contribution >= 4 is 11.0 Å². The Kier molecular flexibility index (Phi) is 10.3. The molecule has 10 rings (SSSR count). The first-order chi connectivity index (χ1) is 31.8. The maximum absolute atomic E-state index is 12.6. The molecule has 0 aliphatic heterocycles. The molecule has 0 radical (unpaired) electrons. The van der Waals surface area contributed by atoms with Crippen molar-refractivity contribution in [1.29, 1.82) is 0 Å². The van der Waals surface area contributed by atoms with Crippen LogP contribution >= 0.6 is 0 Å². The highest BCUT2D eigenvalue weighted by molar-refractivity contribution is 6.00. The Morgan fingerprint density at radius 1 is 0.478 bits per heavy atom. The lowest BCUT2D eigenvalue weighted by Crippen LogP contribution is -2.17. The van der Waals surface area contributed by atoms with E-state index < -0.39 is 0 Å². The number of para-hydroxylation sites is 1. The van der Waals surface area contributed by atoms with Gasteiger partial charge < -0.3 is 5.11 Å². The smallest absolute Gasteiger partial charge is 0.149 e. The van der Waals surface area contributed by atoms with Gasteiger partial charge in [0.05, 0.1) is 28.0 Å². The molecular weight excluding hydrogens is 815 g/mol. The Balaban J connectivity index is 1.31. The van der Waals surface area contributed by atoms with Crippen LogP contribution in [0.4, 0.5) is 0 Å². The number of phenolic OH excluding ortho intramolecular Hbond substituents is 1. The zero-order valence-electron chi connectivity index (χ0n) is 40.9. The van der Waals surface area contributed by atoms with Crippen molar-refractivity contribution in [3.8, 4) is 78.6 Å². The molecule has 2 aromatic heterocycles. The molecule has 0 amide bonds. The van der Waals surface area contributed by atoms with Crippen molar-refractivity contribution in [2.24, 2.45) is 0 Å². The number of nitrogens with zero attached hydrogens (tertiary/aromatic N) is 3. The second-order valence-corrected chi connectivity index (χ2v) is 22.1. The fourth-order valence-corrected chi connectivity index (χ4v) is 10.2. The summed E-state index contributed by atoms with van der Waals surface area (Å²) in [7, 11) is 0. The van der Waals surface area contributed by atoms with Gasteiger partial charge in [0.25, 0.3) is 0 Å². The van der Waals surface area contributed by atoms with Gasteiger partial charge in [0, 0.05) is 39.4 Å². The lowest BCUT2D eigenvalue weighted by molar-refractivity contribution is 0.446. The second kappa shape index (κ2) is 15.8. The molecule has 1 aliphatic rings. The monoisotopic (exact) mass is 875 g/mol. The third kappa shape index (κ3) is 7.57. The molecule has 67 heavy (non-hydrogen) atoms. The van der Waals surface area contributed by atoms with Crippen LogP contribution in [-0.4, -0.2) is 19.6 Å². The van der Waals surface area contributed by atoms with Crippen LogP contribution in [0.25, 0.3) is 83.9 Å². The highest BCUT2D eigenvalue weighted by Crippen LogP contribution is 2.52. The molecule has 0 fully saturated rings. The van der Waals surface area contributed by atoms with Crippen molar-refractivity contribution in [1.82, 2.24) is 14.5 Å². The molecule has 9 aromatic rings. The second-order valence-electron chi connectivity index (χ2n) is 22.1. The van der Waals surface area contributed by atoms with Crippen LogP contribution in [0.5, 0.6) is 5.75 Å². The lowest BCUT2D eigenvalue weighted by Gasteiger charge is -2.28. The van der Waals surface area contributed by atoms with Crippen molar-refractivity contribution in [2.75, 3.05) is 0 Å². The van der Waals surface area contributed by atoms with Crippen LogP contribution in [0.15, 0.2) is 164 Å². The minimum Gasteiger partial charge on any atom is -0.507 e. The number of fused-ring (bicyclic) bond motifs is 4. The standard InChI is InChI=1S/C63H61N3O/c1-60(2,3)44-29-30-53(48(36-44)40-23-16-13-17-24-40)66-54-28-20-26-46(57(54)65-59(66)49-37-45(61(4,5)6)38-52(58(49)67)62(7,8)9)42-33-41(39-21-14-12-15-22-39)34-43(35-42)56-55-47-25-18-19-27-50(47)63(10,11)51(55)31-32-64-56/h12-38,67H,1-11H3. The Bertz CT molecular complexity index is 3370. The number of aromatic nitrogens is 3. The molecule has 0 unspecified atom stereocenters. The van der Waals surface area contributed by atoms with Crippen LogP contribution in [0.3, 0.4) is 0 Å². The molecular formula is C63H61N3O. The first kappa shape index (κ1) is 43.8. The average molecular weight is 876 g/mol. The van der Waals surface area contributed by atoms with Crippen LogP contribution in [0.2, 0.25) is 0 Å². The van der Waals surface area contributed by atoms with Gasteiger partial charge in [-0.3, -0.25) is 9.55 Å². The summed E-state index contributed by atoms with van der Waals surface area (Å²) in [6.45, 7) is 24.7. The third-order valence-electron chi connectivity index (χ3n) is 14.0. The van der Waals surface area contributed by atoms with Crippen molar-refractivity contribution in [3.63, 3.8) is 0 Å². The zero-order valence-corrected chi connectivity index (χ0v) is 40.9. The summed E-state index contributed by atoms with van der Waals surface area (Å²) in [5.41, 5.74) is 19.6. The first-order valence-electron chi connectivity index (χ1n) is 23.7. The van der Waals surface area contributed by atoms with E-state index in [9.17, 15) is 5.11 Å². The van der Waals surface area contributed by atoms with E-state index in [2.05, 4.69) is 238 Å². The highest BCUT2D eigenvalue weighted by Gasteiger charge is 2.37. The fraction of sp³-hybridized carbons (Fsp3) is 0.238. The highest BCUT2D eigenvalue weighted by atomic mass is 16.3.